The number of para-hydroxylation sites is 1. The maximum Gasteiger partial charge on any atom is 0.435 e. The monoisotopic (exact) mass is 351 g/mol. The van der Waals surface area contributed by atoms with E-state index in [4.69, 9.17) is 4.42 Å². The van der Waals surface area contributed by atoms with Gasteiger partial charge >= 0.3 is 12.1 Å². The highest BCUT2D eigenvalue weighted by Crippen LogP contribution is 2.33. The van der Waals surface area contributed by atoms with Crippen molar-refractivity contribution in [3.8, 4) is 0 Å². The van der Waals surface area contributed by atoms with Crippen molar-refractivity contribution in [2.45, 2.75) is 6.18 Å². The Kier molecular flexibility index (Phi) is 3.87. The molecule has 0 saturated carbocycles. The standard InChI is InChI=1S/C15H8F3N3O4/c16-15(17,18)13-11(8-10-6-7-12(25-10)21(23)24)14(22)20(19-13)9-4-2-1-3-5-9/h1-8H/b11-8-. The highest BCUT2D eigenvalue weighted by molar-refractivity contribution is 6.34. The second kappa shape index (κ2) is 5.89. The number of carbonyl (C=O) groups excluding carboxylic acids is 1. The van der Waals surface area contributed by atoms with Gasteiger partial charge in [-0.3, -0.25) is 14.9 Å². The van der Waals surface area contributed by atoms with Crippen LogP contribution in [-0.2, 0) is 4.79 Å². The minimum atomic E-state index is -4.89. The van der Waals surface area contributed by atoms with Crippen LogP contribution < -0.4 is 5.01 Å². The Labute approximate surface area is 137 Å². The fourth-order valence-electron chi connectivity index (χ4n) is 2.16. The lowest BCUT2D eigenvalue weighted by Gasteiger charge is -2.10. The summed E-state index contributed by atoms with van der Waals surface area (Å²) < 4.78 is 44.4. The van der Waals surface area contributed by atoms with Crippen LogP contribution in [0.1, 0.15) is 5.76 Å². The number of benzene rings is 1. The second-order valence-electron chi connectivity index (χ2n) is 4.89. The first-order chi connectivity index (χ1) is 11.8. The number of anilines is 1. The molecule has 1 aliphatic rings. The smallest absolute Gasteiger partial charge is 0.401 e. The van der Waals surface area contributed by atoms with E-state index < -0.39 is 34.2 Å². The largest absolute Gasteiger partial charge is 0.435 e. The predicted molar refractivity (Wildman–Crippen MR) is 80.8 cm³/mol. The van der Waals surface area contributed by atoms with Crippen LogP contribution in [0, 0.1) is 10.1 Å². The van der Waals surface area contributed by atoms with Gasteiger partial charge in [0.25, 0.3) is 5.91 Å². The van der Waals surface area contributed by atoms with E-state index in [9.17, 15) is 28.1 Å². The van der Waals surface area contributed by atoms with Crippen LogP contribution in [0.15, 0.2) is 57.6 Å². The summed E-state index contributed by atoms with van der Waals surface area (Å²) in [5, 5.41) is 14.6. The molecule has 7 nitrogen and oxygen atoms in total. The van der Waals surface area contributed by atoms with E-state index in [0.29, 0.717) is 5.01 Å². The third-order valence-corrected chi connectivity index (χ3v) is 3.23. The molecule has 0 N–H and O–H groups in total. The minimum Gasteiger partial charge on any atom is -0.401 e. The average molecular weight is 351 g/mol. The Morgan fingerprint density at radius 3 is 2.40 bits per heavy atom. The molecule has 1 aliphatic heterocycles. The third kappa shape index (κ3) is 3.13. The van der Waals surface area contributed by atoms with E-state index in [1.807, 2.05) is 0 Å². The van der Waals surface area contributed by atoms with Gasteiger partial charge in [-0.2, -0.15) is 23.3 Å². The number of carbonyl (C=O) groups is 1. The SMILES string of the molecule is O=C1/C(=C\c2ccc([N+](=O)[O-])o2)C(C(F)(F)F)=NN1c1ccccc1. The van der Waals surface area contributed by atoms with Gasteiger partial charge in [-0.25, -0.2) is 0 Å². The van der Waals surface area contributed by atoms with Crippen molar-refractivity contribution in [1.82, 2.24) is 0 Å². The van der Waals surface area contributed by atoms with Gasteiger partial charge in [-0.15, -0.1) is 0 Å². The number of hydrogen-bond acceptors (Lipinski definition) is 5. The van der Waals surface area contributed by atoms with Gasteiger partial charge in [0.2, 0.25) is 0 Å². The van der Waals surface area contributed by atoms with Gasteiger partial charge in [0.05, 0.1) is 17.3 Å². The molecule has 25 heavy (non-hydrogen) atoms. The number of hydrazone groups is 1. The van der Waals surface area contributed by atoms with Gasteiger partial charge in [-0.1, -0.05) is 18.2 Å². The van der Waals surface area contributed by atoms with E-state index in [-0.39, 0.29) is 11.4 Å². The maximum absolute atomic E-state index is 13.2. The minimum absolute atomic E-state index is 0.156. The molecule has 1 amide bonds. The quantitative estimate of drug-likeness (QED) is 0.481. The summed E-state index contributed by atoms with van der Waals surface area (Å²) in [7, 11) is 0. The molecule has 3 rings (SSSR count). The molecule has 0 saturated heterocycles. The molecule has 0 atom stereocenters. The zero-order chi connectivity index (χ0) is 18.2. The number of furan rings is 1. The van der Waals surface area contributed by atoms with E-state index >= 15 is 0 Å². The Morgan fingerprint density at radius 1 is 1.16 bits per heavy atom. The molecule has 0 spiro atoms. The summed E-state index contributed by atoms with van der Waals surface area (Å²) in [5.74, 6) is -1.93. The van der Waals surface area contributed by atoms with Crippen LogP contribution in [0.3, 0.4) is 0 Å². The van der Waals surface area contributed by atoms with Crippen molar-refractivity contribution in [2.75, 3.05) is 5.01 Å². The molecule has 0 aliphatic carbocycles. The van der Waals surface area contributed by atoms with Gasteiger partial charge in [0.1, 0.15) is 10.7 Å². The molecular formula is C15H8F3N3O4. The first kappa shape index (κ1) is 16.4. The van der Waals surface area contributed by atoms with Crippen molar-refractivity contribution < 1.29 is 27.3 Å². The molecule has 0 bridgehead atoms. The number of nitro groups is 1. The van der Waals surface area contributed by atoms with E-state index in [1.54, 1.807) is 18.2 Å². The van der Waals surface area contributed by atoms with Crippen LogP contribution in [0.2, 0.25) is 0 Å². The Hall–Kier alpha value is -3.43. The summed E-state index contributed by atoms with van der Waals surface area (Å²) in [6.45, 7) is 0. The molecule has 2 aromatic rings. The van der Waals surface area contributed by atoms with Crippen LogP contribution in [0.4, 0.5) is 24.7 Å². The molecule has 0 radical (unpaired) electrons. The third-order valence-electron chi connectivity index (χ3n) is 3.23. The van der Waals surface area contributed by atoms with Gasteiger partial charge < -0.3 is 4.42 Å². The fourth-order valence-corrected chi connectivity index (χ4v) is 2.16. The van der Waals surface area contributed by atoms with Crippen molar-refractivity contribution in [3.05, 3.63) is 63.9 Å². The lowest BCUT2D eigenvalue weighted by Crippen LogP contribution is -2.25. The Balaban J connectivity index is 2.05. The van der Waals surface area contributed by atoms with E-state index in [1.165, 1.54) is 12.1 Å². The van der Waals surface area contributed by atoms with Crippen molar-refractivity contribution in [2.24, 2.45) is 5.10 Å². The topological polar surface area (TPSA) is 88.9 Å². The Morgan fingerprint density at radius 2 is 1.84 bits per heavy atom. The highest BCUT2D eigenvalue weighted by atomic mass is 19.4. The summed E-state index contributed by atoms with van der Waals surface area (Å²) >= 11 is 0. The number of alkyl halides is 3. The van der Waals surface area contributed by atoms with Crippen LogP contribution >= 0.6 is 0 Å². The molecule has 1 aromatic carbocycles. The first-order valence-electron chi connectivity index (χ1n) is 6.79. The van der Waals surface area contributed by atoms with Gasteiger partial charge in [-0.05, 0) is 24.3 Å². The Bertz CT molecular complexity index is 900. The van der Waals surface area contributed by atoms with Crippen molar-refractivity contribution in [1.29, 1.82) is 0 Å². The number of rotatable bonds is 3. The summed E-state index contributed by atoms with van der Waals surface area (Å²) in [5.41, 5.74) is -2.01. The highest BCUT2D eigenvalue weighted by Gasteiger charge is 2.47. The summed E-state index contributed by atoms with van der Waals surface area (Å²) in [4.78, 5) is 22.1. The maximum atomic E-state index is 13.2. The zero-order valence-corrected chi connectivity index (χ0v) is 12.2. The normalized spacial score (nSPS) is 16.4. The molecule has 2 heterocycles. The number of nitrogens with zero attached hydrogens (tertiary/aromatic N) is 3. The molecule has 0 unspecified atom stereocenters. The number of amides is 1. The average Bonchev–Trinajstić information content (AvgIpc) is 3.14. The first-order valence-corrected chi connectivity index (χ1v) is 6.79. The lowest BCUT2D eigenvalue weighted by atomic mass is 10.1. The molecule has 0 fully saturated rings. The summed E-state index contributed by atoms with van der Waals surface area (Å²) in [6.07, 6.45) is -4.10. The van der Waals surface area contributed by atoms with Gasteiger partial charge in [0, 0.05) is 0 Å². The zero-order valence-electron chi connectivity index (χ0n) is 12.2. The van der Waals surface area contributed by atoms with Crippen LogP contribution in [-0.4, -0.2) is 22.7 Å². The molecule has 1 aromatic heterocycles. The second-order valence-corrected chi connectivity index (χ2v) is 4.89. The molecule has 128 valence electrons. The molecule has 10 heteroatoms. The lowest BCUT2D eigenvalue weighted by molar-refractivity contribution is -0.402. The van der Waals surface area contributed by atoms with Gasteiger partial charge in [0.15, 0.2) is 5.71 Å². The van der Waals surface area contributed by atoms with E-state index in [0.717, 1.165) is 18.2 Å². The van der Waals surface area contributed by atoms with Crippen LogP contribution in [0.5, 0.6) is 0 Å². The van der Waals surface area contributed by atoms with Crippen LogP contribution in [0.25, 0.3) is 6.08 Å². The van der Waals surface area contributed by atoms with Crippen molar-refractivity contribution in [3.63, 3.8) is 0 Å². The number of halogens is 3. The molecular weight excluding hydrogens is 343 g/mol. The number of hydrogen-bond donors (Lipinski definition) is 0. The predicted octanol–water partition coefficient (Wildman–Crippen LogP) is 3.54. The summed E-state index contributed by atoms with van der Waals surface area (Å²) in [6, 6.07) is 9.65. The van der Waals surface area contributed by atoms with E-state index in [2.05, 4.69) is 5.10 Å². The van der Waals surface area contributed by atoms with Crippen molar-refractivity contribution >= 4 is 29.3 Å². The fraction of sp³-hybridized carbons (Fsp3) is 0.0667.